The highest BCUT2D eigenvalue weighted by molar-refractivity contribution is 5.56. The number of methoxy groups -OCH3 is 1. The van der Waals surface area contributed by atoms with Crippen molar-refractivity contribution in [3.63, 3.8) is 0 Å². The van der Waals surface area contributed by atoms with Gasteiger partial charge in [0.05, 0.1) is 13.2 Å². The molecule has 4 rings (SSSR count). The molecule has 0 saturated carbocycles. The first-order valence-electron chi connectivity index (χ1n) is 8.40. The van der Waals surface area contributed by atoms with Gasteiger partial charge in [0.15, 0.2) is 0 Å². The normalized spacial score (nSPS) is 16.5. The lowest BCUT2D eigenvalue weighted by molar-refractivity contribution is 0.413. The highest BCUT2D eigenvalue weighted by Crippen LogP contribution is 2.39. The predicted octanol–water partition coefficient (Wildman–Crippen LogP) is 4.85. The summed E-state index contributed by atoms with van der Waals surface area (Å²) in [5.41, 5.74) is 5.35. The third kappa shape index (κ3) is 2.65. The Morgan fingerprint density at radius 2 is 1.58 bits per heavy atom. The molecule has 1 unspecified atom stereocenters. The van der Waals surface area contributed by atoms with E-state index in [2.05, 4.69) is 83.8 Å². The van der Waals surface area contributed by atoms with E-state index in [1.165, 1.54) is 22.4 Å². The average molecular weight is 315 g/mol. The Morgan fingerprint density at radius 1 is 0.875 bits per heavy atom. The molecule has 0 radical (unpaired) electrons. The lowest BCUT2D eigenvalue weighted by Crippen LogP contribution is -2.36. The van der Waals surface area contributed by atoms with Crippen molar-refractivity contribution in [2.24, 2.45) is 0 Å². The van der Waals surface area contributed by atoms with Gasteiger partial charge in [0.2, 0.25) is 0 Å². The Hall–Kier alpha value is -2.74. The zero-order valence-electron chi connectivity index (χ0n) is 13.9. The second-order valence-corrected chi connectivity index (χ2v) is 6.16. The summed E-state index contributed by atoms with van der Waals surface area (Å²) in [7, 11) is 1.73. The van der Waals surface area contributed by atoms with Gasteiger partial charge in [0.25, 0.3) is 0 Å². The summed E-state index contributed by atoms with van der Waals surface area (Å²) in [6, 6.07) is 28.2. The summed E-state index contributed by atoms with van der Waals surface area (Å²) < 4.78 is 5.42. The fraction of sp³-hybridized carbons (Fsp3) is 0.182. The molecule has 24 heavy (non-hydrogen) atoms. The van der Waals surface area contributed by atoms with Crippen LogP contribution < -0.4 is 9.64 Å². The maximum absolute atomic E-state index is 5.42. The number of hydrogen-bond donors (Lipinski definition) is 0. The smallest absolute Gasteiger partial charge is 0.119 e. The largest absolute Gasteiger partial charge is 0.497 e. The second kappa shape index (κ2) is 6.40. The number of hydrogen-bond acceptors (Lipinski definition) is 2. The molecule has 0 amide bonds. The van der Waals surface area contributed by atoms with Gasteiger partial charge in [-0.3, -0.25) is 0 Å². The van der Waals surface area contributed by atoms with Crippen LogP contribution in [0.2, 0.25) is 0 Å². The van der Waals surface area contributed by atoms with Crippen LogP contribution in [-0.2, 0) is 6.42 Å². The molecule has 1 atom stereocenters. The third-order valence-corrected chi connectivity index (χ3v) is 4.78. The van der Waals surface area contributed by atoms with Crippen LogP contribution in [0.4, 0.5) is 5.69 Å². The summed E-state index contributed by atoms with van der Waals surface area (Å²) in [6.07, 6.45) is 1.03. The minimum atomic E-state index is 0.239. The van der Waals surface area contributed by atoms with Crippen LogP contribution in [0, 0.1) is 0 Å². The predicted molar refractivity (Wildman–Crippen MR) is 98.8 cm³/mol. The molecule has 3 aromatic carbocycles. The summed E-state index contributed by atoms with van der Waals surface area (Å²) in [5, 5.41) is 0. The molecule has 120 valence electrons. The van der Waals surface area contributed by atoms with E-state index < -0.39 is 0 Å². The van der Waals surface area contributed by atoms with E-state index in [0.717, 1.165) is 18.7 Å². The van der Waals surface area contributed by atoms with Gasteiger partial charge in [-0.15, -0.1) is 0 Å². The van der Waals surface area contributed by atoms with Crippen molar-refractivity contribution in [2.45, 2.75) is 12.5 Å². The Bertz CT molecular complexity index is 814. The number of anilines is 1. The zero-order valence-corrected chi connectivity index (χ0v) is 13.9. The van der Waals surface area contributed by atoms with Crippen molar-refractivity contribution < 1.29 is 4.74 Å². The fourth-order valence-electron chi connectivity index (χ4n) is 3.62. The zero-order chi connectivity index (χ0) is 16.4. The molecule has 0 aliphatic carbocycles. The molecule has 3 aromatic rings. The fourth-order valence-corrected chi connectivity index (χ4v) is 3.62. The molecule has 0 spiro atoms. The summed E-state index contributed by atoms with van der Waals surface area (Å²) in [4.78, 5) is 2.50. The minimum absolute atomic E-state index is 0.239. The van der Waals surface area contributed by atoms with Crippen molar-refractivity contribution in [2.75, 3.05) is 18.6 Å². The first-order valence-corrected chi connectivity index (χ1v) is 8.40. The van der Waals surface area contributed by atoms with E-state index in [9.17, 15) is 0 Å². The lowest BCUT2D eigenvalue weighted by Gasteiger charge is -2.39. The molecule has 0 saturated heterocycles. The van der Waals surface area contributed by atoms with Crippen molar-refractivity contribution in [3.05, 3.63) is 95.6 Å². The van der Waals surface area contributed by atoms with E-state index >= 15 is 0 Å². The molecule has 1 heterocycles. The summed E-state index contributed by atoms with van der Waals surface area (Å²) in [5.74, 6) is 0.939. The Morgan fingerprint density at radius 3 is 2.29 bits per heavy atom. The van der Waals surface area contributed by atoms with Crippen LogP contribution >= 0.6 is 0 Å². The van der Waals surface area contributed by atoms with Gasteiger partial charge in [0.1, 0.15) is 5.75 Å². The van der Waals surface area contributed by atoms with E-state index in [-0.39, 0.29) is 6.04 Å². The first kappa shape index (κ1) is 14.8. The highest BCUT2D eigenvalue weighted by atomic mass is 16.5. The quantitative estimate of drug-likeness (QED) is 0.685. The first-order chi connectivity index (χ1) is 11.9. The summed E-state index contributed by atoms with van der Waals surface area (Å²) >= 11 is 0. The van der Waals surface area contributed by atoms with Crippen LogP contribution in [0.15, 0.2) is 78.9 Å². The van der Waals surface area contributed by atoms with Crippen LogP contribution in [0.1, 0.15) is 22.7 Å². The van der Waals surface area contributed by atoms with Crippen molar-refractivity contribution in [1.82, 2.24) is 0 Å². The number of nitrogens with zero attached hydrogens (tertiary/aromatic N) is 1. The molecule has 1 aliphatic rings. The topological polar surface area (TPSA) is 12.5 Å². The molecule has 0 aromatic heterocycles. The maximum Gasteiger partial charge on any atom is 0.119 e. The van der Waals surface area contributed by atoms with Crippen LogP contribution in [0.3, 0.4) is 0 Å². The van der Waals surface area contributed by atoms with Gasteiger partial charge in [-0.2, -0.15) is 0 Å². The third-order valence-electron chi connectivity index (χ3n) is 4.78. The molecule has 0 fully saturated rings. The second-order valence-electron chi connectivity index (χ2n) is 6.16. The molecule has 1 aliphatic heterocycles. The van der Waals surface area contributed by atoms with Crippen LogP contribution in [0.25, 0.3) is 0 Å². The van der Waals surface area contributed by atoms with E-state index in [4.69, 9.17) is 4.74 Å². The minimum Gasteiger partial charge on any atom is -0.497 e. The standard InChI is InChI=1S/C22H21NO/c1-24-20-12-13-21-18(16-20)14-15-23(19-10-6-3-7-11-19)22(21)17-8-4-2-5-9-17/h2-13,16,22H,14-15H2,1H3. The Balaban J connectivity index is 1.84. The van der Waals surface area contributed by atoms with Gasteiger partial charge in [-0.05, 0) is 47.4 Å². The monoisotopic (exact) mass is 315 g/mol. The molecule has 2 heteroatoms. The molecular weight excluding hydrogens is 294 g/mol. The van der Waals surface area contributed by atoms with E-state index in [0.29, 0.717) is 0 Å². The van der Waals surface area contributed by atoms with Crippen molar-refractivity contribution in [3.8, 4) is 5.75 Å². The molecule has 0 bridgehead atoms. The highest BCUT2D eigenvalue weighted by Gasteiger charge is 2.29. The van der Waals surface area contributed by atoms with Gasteiger partial charge in [-0.1, -0.05) is 54.6 Å². The summed E-state index contributed by atoms with van der Waals surface area (Å²) in [6.45, 7) is 1.00. The van der Waals surface area contributed by atoms with Crippen LogP contribution in [0.5, 0.6) is 5.75 Å². The molecular formula is C22H21NO. The molecule has 0 N–H and O–H groups in total. The Labute approximate surface area is 143 Å². The van der Waals surface area contributed by atoms with Crippen molar-refractivity contribution in [1.29, 1.82) is 0 Å². The van der Waals surface area contributed by atoms with Gasteiger partial charge < -0.3 is 9.64 Å². The maximum atomic E-state index is 5.42. The number of rotatable bonds is 3. The van der Waals surface area contributed by atoms with Gasteiger partial charge >= 0.3 is 0 Å². The van der Waals surface area contributed by atoms with Gasteiger partial charge in [-0.25, -0.2) is 0 Å². The number of para-hydroxylation sites is 1. The average Bonchev–Trinajstić information content (AvgIpc) is 2.68. The number of fused-ring (bicyclic) bond motifs is 1. The number of ether oxygens (including phenoxy) is 1. The van der Waals surface area contributed by atoms with Crippen LogP contribution in [-0.4, -0.2) is 13.7 Å². The van der Waals surface area contributed by atoms with Gasteiger partial charge in [0, 0.05) is 12.2 Å². The molecule has 2 nitrogen and oxygen atoms in total. The lowest BCUT2D eigenvalue weighted by atomic mass is 9.87. The SMILES string of the molecule is COc1ccc2c(c1)CCN(c1ccccc1)C2c1ccccc1. The van der Waals surface area contributed by atoms with E-state index in [1.807, 2.05) is 0 Å². The van der Waals surface area contributed by atoms with E-state index in [1.54, 1.807) is 7.11 Å². The Kier molecular flexibility index (Phi) is 3.96. The van der Waals surface area contributed by atoms with Crippen molar-refractivity contribution >= 4 is 5.69 Å². The number of benzene rings is 3.